The third-order valence-electron chi connectivity index (χ3n) is 3.14. The smallest absolute Gasteiger partial charge is 0.321 e. The number of nitrogens with zero attached hydrogens (tertiary/aromatic N) is 2. The highest BCUT2D eigenvalue weighted by Crippen LogP contribution is 2.17. The van der Waals surface area contributed by atoms with Crippen LogP contribution in [0.4, 0.5) is 14.3 Å². The summed E-state index contributed by atoms with van der Waals surface area (Å²) >= 11 is 1.34. The van der Waals surface area contributed by atoms with E-state index in [2.05, 4.69) is 27.8 Å². The first-order valence-corrected chi connectivity index (χ1v) is 8.21. The Bertz CT molecular complexity index is 633. The van der Waals surface area contributed by atoms with Crippen molar-refractivity contribution < 1.29 is 14.3 Å². The number of hydrogen-bond donors (Lipinski definition) is 3. The number of aliphatic hydroxyl groups is 1. The van der Waals surface area contributed by atoms with Gasteiger partial charge in [0.25, 0.3) is 0 Å². The maximum Gasteiger partial charge on any atom is 0.321 e. The number of urea groups is 1. The van der Waals surface area contributed by atoms with Gasteiger partial charge in [-0.25, -0.2) is 9.18 Å². The predicted molar refractivity (Wildman–Crippen MR) is 86.9 cm³/mol. The number of aromatic nitrogens is 2. The number of aliphatic hydroxyl groups excluding tert-OH is 1. The van der Waals surface area contributed by atoms with E-state index < -0.39 is 12.1 Å². The highest BCUT2D eigenvalue weighted by molar-refractivity contribution is 7.15. The van der Waals surface area contributed by atoms with Crippen molar-refractivity contribution in [2.24, 2.45) is 0 Å². The molecule has 124 valence electrons. The number of halogens is 1. The molecule has 0 fully saturated rings. The van der Waals surface area contributed by atoms with Crippen LogP contribution >= 0.6 is 11.3 Å². The van der Waals surface area contributed by atoms with E-state index in [-0.39, 0.29) is 12.4 Å². The van der Waals surface area contributed by atoms with Gasteiger partial charge in [-0.1, -0.05) is 36.8 Å². The fourth-order valence-corrected chi connectivity index (χ4v) is 2.64. The van der Waals surface area contributed by atoms with E-state index in [1.165, 1.54) is 35.6 Å². The number of nitrogens with one attached hydrogen (secondary N) is 2. The predicted octanol–water partition coefficient (Wildman–Crippen LogP) is 2.87. The summed E-state index contributed by atoms with van der Waals surface area (Å²) in [5.74, 6) is -0.373. The number of rotatable bonds is 7. The van der Waals surface area contributed by atoms with E-state index in [0.29, 0.717) is 10.7 Å². The molecule has 2 amide bonds. The van der Waals surface area contributed by atoms with E-state index in [9.17, 15) is 14.3 Å². The van der Waals surface area contributed by atoms with Gasteiger partial charge in [0, 0.05) is 13.0 Å². The average molecular weight is 338 g/mol. The molecule has 1 aromatic carbocycles. The third-order valence-corrected chi connectivity index (χ3v) is 4.04. The van der Waals surface area contributed by atoms with Crippen LogP contribution in [0.5, 0.6) is 0 Å². The van der Waals surface area contributed by atoms with Crippen molar-refractivity contribution >= 4 is 22.5 Å². The van der Waals surface area contributed by atoms with E-state index in [4.69, 9.17) is 0 Å². The fraction of sp³-hybridized carbons (Fsp3) is 0.400. The van der Waals surface area contributed by atoms with Gasteiger partial charge in [-0.15, -0.1) is 10.2 Å². The zero-order chi connectivity index (χ0) is 16.7. The number of aryl methyl sites for hydroxylation is 1. The molecule has 1 heterocycles. The first-order valence-electron chi connectivity index (χ1n) is 7.39. The van der Waals surface area contributed by atoms with Gasteiger partial charge in [0.1, 0.15) is 10.8 Å². The van der Waals surface area contributed by atoms with Gasteiger partial charge >= 0.3 is 6.03 Å². The molecule has 0 bridgehead atoms. The summed E-state index contributed by atoms with van der Waals surface area (Å²) in [6.07, 6.45) is 2.05. The van der Waals surface area contributed by atoms with Crippen molar-refractivity contribution in [3.63, 3.8) is 0 Å². The first-order chi connectivity index (χ1) is 11.1. The van der Waals surface area contributed by atoms with Gasteiger partial charge in [0.2, 0.25) is 5.13 Å². The molecule has 0 saturated carbocycles. The van der Waals surface area contributed by atoms with Crippen molar-refractivity contribution in [1.82, 2.24) is 15.5 Å². The minimum atomic E-state index is -0.907. The summed E-state index contributed by atoms with van der Waals surface area (Å²) in [4.78, 5) is 11.8. The number of amides is 2. The fourth-order valence-electron chi connectivity index (χ4n) is 1.87. The molecule has 1 unspecified atom stereocenters. The summed E-state index contributed by atoms with van der Waals surface area (Å²) in [6, 6.07) is 5.01. The molecule has 0 radical (unpaired) electrons. The lowest BCUT2D eigenvalue weighted by atomic mass is 10.1. The Kier molecular flexibility index (Phi) is 6.42. The van der Waals surface area contributed by atoms with Gasteiger partial charge in [-0.2, -0.15) is 0 Å². The minimum Gasteiger partial charge on any atom is -0.387 e. The molecule has 0 saturated heterocycles. The van der Waals surface area contributed by atoms with Gasteiger partial charge in [0.05, 0.1) is 6.10 Å². The van der Waals surface area contributed by atoms with Crippen molar-refractivity contribution in [3.05, 3.63) is 40.7 Å². The van der Waals surface area contributed by atoms with Gasteiger partial charge < -0.3 is 10.4 Å². The normalized spacial score (nSPS) is 12.0. The molecule has 0 aliphatic carbocycles. The van der Waals surface area contributed by atoms with E-state index >= 15 is 0 Å². The van der Waals surface area contributed by atoms with Crippen LogP contribution in [0.15, 0.2) is 24.3 Å². The van der Waals surface area contributed by atoms with Crippen LogP contribution in [0.25, 0.3) is 0 Å². The lowest BCUT2D eigenvalue weighted by Gasteiger charge is -2.12. The molecular formula is C15H19FN4O2S. The molecule has 8 heteroatoms. The summed E-state index contributed by atoms with van der Waals surface area (Å²) < 4.78 is 12.8. The second kappa shape index (κ2) is 8.54. The Morgan fingerprint density at radius 3 is 2.78 bits per heavy atom. The van der Waals surface area contributed by atoms with E-state index in [1.807, 2.05) is 0 Å². The molecule has 1 aromatic heterocycles. The zero-order valence-corrected chi connectivity index (χ0v) is 13.6. The second-order valence-corrected chi connectivity index (χ2v) is 6.07. The van der Waals surface area contributed by atoms with Crippen LogP contribution in [0.3, 0.4) is 0 Å². The highest BCUT2D eigenvalue weighted by atomic mass is 32.1. The number of anilines is 1. The van der Waals surface area contributed by atoms with Crippen LogP contribution in [-0.4, -0.2) is 27.9 Å². The quantitative estimate of drug-likeness (QED) is 0.724. The van der Waals surface area contributed by atoms with Crippen LogP contribution < -0.4 is 10.6 Å². The standard InChI is InChI=1S/C15H19FN4O2S/c1-2-3-4-13-19-20-15(23-13)18-14(22)17-9-12(21)10-5-7-11(16)8-6-10/h5-8,12,21H,2-4,9H2,1H3,(H2,17,18,20,22). The maximum absolute atomic E-state index is 12.8. The molecule has 0 aliphatic rings. The van der Waals surface area contributed by atoms with Gasteiger partial charge in [-0.3, -0.25) is 5.32 Å². The van der Waals surface area contributed by atoms with Crippen molar-refractivity contribution in [2.75, 3.05) is 11.9 Å². The van der Waals surface area contributed by atoms with Crippen molar-refractivity contribution in [3.8, 4) is 0 Å². The topological polar surface area (TPSA) is 87.1 Å². The number of hydrogen-bond acceptors (Lipinski definition) is 5. The van der Waals surface area contributed by atoms with Crippen molar-refractivity contribution in [1.29, 1.82) is 0 Å². The molecule has 0 aliphatic heterocycles. The van der Waals surface area contributed by atoms with E-state index in [1.54, 1.807) is 0 Å². The Hall–Kier alpha value is -2.06. The molecule has 2 rings (SSSR count). The van der Waals surface area contributed by atoms with Crippen LogP contribution in [0.2, 0.25) is 0 Å². The lowest BCUT2D eigenvalue weighted by Crippen LogP contribution is -2.32. The van der Waals surface area contributed by atoms with Crippen molar-refractivity contribution in [2.45, 2.75) is 32.3 Å². The van der Waals surface area contributed by atoms with Gasteiger partial charge in [0.15, 0.2) is 0 Å². The molecule has 23 heavy (non-hydrogen) atoms. The minimum absolute atomic E-state index is 0.0129. The Morgan fingerprint density at radius 1 is 1.35 bits per heavy atom. The summed E-state index contributed by atoms with van der Waals surface area (Å²) in [5, 5.41) is 24.3. The largest absolute Gasteiger partial charge is 0.387 e. The molecule has 3 N–H and O–H groups in total. The first kappa shape index (κ1) is 17.3. The van der Waals surface area contributed by atoms with Gasteiger partial charge in [-0.05, 0) is 24.1 Å². The molecule has 6 nitrogen and oxygen atoms in total. The lowest BCUT2D eigenvalue weighted by molar-refractivity contribution is 0.175. The average Bonchev–Trinajstić information content (AvgIpc) is 2.98. The Labute approximate surface area is 137 Å². The monoisotopic (exact) mass is 338 g/mol. The Morgan fingerprint density at radius 2 is 2.09 bits per heavy atom. The Balaban J connectivity index is 1.78. The number of carbonyl (C=O) groups excluding carboxylic acids is 1. The molecule has 1 atom stereocenters. The summed E-state index contributed by atoms with van der Waals surface area (Å²) in [7, 11) is 0. The van der Waals surface area contributed by atoms with E-state index in [0.717, 1.165) is 24.3 Å². The van der Waals surface area contributed by atoms with Crippen LogP contribution in [0, 0.1) is 5.82 Å². The SMILES string of the molecule is CCCCc1nnc(NC(=O)NCC(O)c2ccc(F)cc2)s1. The second-order valence-electron chi connectivity index (χ2n) is 5.01. The molecule has 0 spiro atoms. The maximum atomic E-state index is 12.8. The number of unbranched alkanes of at least 4 members (excludes halogenated alkanes) is 1. The molecule has 2 aromatic rings. The summed E-state index contributed by atoms with van der Waals surface area (Å²) in [5.41, 5.74) is 0.532. The highest BCUT2D eigenvalue weighted by Gasteiger charge is 2.11. The summed E-state index contributed by atoms with van der Waals surface area (Å²) in [6.45, 7) is 2.11. The molecular weight excluding hydrogens is 319 g/mol. The zero-order valence-electron chi connectivity index (χ0n) is 12.8. The number of carbonyl (C=O) groups is 1. The van der Waals surface area contributed by atoms with Crippen LogP contribution in [0.1, 0.15) is 36.4 Å². The van der Waals surface area contributed by atoms with Crippen LogP contribution in [-0.2, 0) is 6.42 Å². The number of benzene rings is 1. The third kappa shape index (κ3) is 5.57.